The first kappa shape index (κ1) is 9.46. The van der Waals surface area contributed by atoms with Gasteiger partial charge in [0.2, 0.25) is 0 Å². The smallest absolute Gasteiger partial charge is 0.165 e. The Morgan fingerprint density at radius 2 is 2.33 bits per heavy atom. The van der Waals surface area contributed by atoms with Crippen LogP contribution in [0, 0.1) is 5.41 Å². The fraction of sp³-hybridized carbons (Fsp3) is 0.700. The predicted octanol–water partition coefficient (Wildman–Crippen LogP) is 1.52. The molecule has 0 spiro atoms. The summed E-state index contributed by atoms with van der Waals surface area (Å²) in [7, 11) is 0. The quantitative estimate of drug-likeness (QED) is 0.646. The second kappa shape index (κ2) is 3.40. The van der Waals surface area contributed by atoms with E-state index < -0.39 is 0 Å². The molecule has 1 fully saturated rings. The number of hydrogen-bond acceptors (Lipinski definition) is 2. The van der Waals surface area contributed by atoms with Gasteiger partial charge in [0, 0.05) is 12.0 Å². The molecule has 0 saturated carbocycles. The van der Waals surface area contributed by atoms with Crippen molar-refractivity contribution in [1.82, 2.24) is 5.32 Å². The van der Waals surface area contributed by atoms with Crippen molar-refractivity contribution in [2.75, 3.05) is 13.1 Å². The van der Waals surface area contributed by atoms with Gasteiger partial charge in [-0.3, -0.25) is 4.79 Å². The van der Waals surface area contributed by atoms with Crippen LogP contribution in [0.2, 0.25) is 0 Å². The van der Waals surface area contributed by atoms with Gasteiger partial charge < -0.3 is 5.32 Å². The maximum atomic E-state index is 11.8. The second-order valence-electron chi connectivity index (χ2n) is 3.67. The summed E-state index contributed by atoms with van der Waals surface area (Å²) in [4.78, 5) is 11.8. The van der Waals surface area contributed by atoms with Gasteiger partial charge in [-0.1, -0.05) is 13.5 Å². The van der Waals surface area contributed by atoms with E-state index in [1.807, 2.05) is 0 Å². The number of Topliss-reactive ketones (excluding diaryl/α,β-unsaturated/α-hetero) is 1. The van der Waals surface area contributed by atoms with E-state index in [4.69, 9.17) is 0 Å². The minimum atomic E-state index is -0.133. The van der Waals surface area contributed by atoms with Crippen LogP contribution < -0.4 is 5.32 Å². The molecule has 1 aliphatic rings. The molecule has 2 heteroatoms. The van der Waals surface area contributed by atoms with Crippen LogP contribution in [-0.2, 0) is 4.79 Å². The van der Waals surface area contributed by atoms with Gasteiger partial charge in [0.15, 0.2) is 5.78 Å². The van der Waals surface area contributed by atoms with E-state index in [0.29, 0.717) is 5.57 Å². The average Bonchev–Trinajstić information content (AvgIpc) is 2.52. The predicted molar refractivity (Wildman–Crippen MR) is 50.0 cm³/mol. The third-order valence-corrected chi connectivity index (χ3v) is 2.79. The molecule has 0 amide bonds. The first-order valence-corrected chi connectivity index (χ1v) is 4.53. The minimum Gasteiger partial charge on any atom is -0.316 e. The van der Waals surface area contributed by atoms with Gasteiger partial charge in [-0.15, -0.1) is 0 Å². The number of carbonyl (C=O) groups is 1. The fourth-order valence-electron chi connectivity index (χ4n) is 1.85. The largest absolute Gasteiger partial charge is 0.316 e. The first-order valence-electron chi connectivity index (χ1n) is 4.53. The van der Waals surface area contributed by atoms with Crippen molar-refractivity contribution in [3.63, 3.8) is 0 Å². The molecule has 12 heavy (non-hydrogen) atoms. The van der Waals surface area contributed by atoms with Crippen LogP contribution in [0.25, 0.3) is 0 Å². The van der Waals surface area contributed by atoms with Crippen molar-refractivity contribution in [2.24, 2.45) is 5.41 Å². The Kier molecular flexibility index (Phi) is 2.68. The SMILES string of the molecule is C=C(C)C(=O)C1(CC)CCNC1. The van der Waals surface area contributed by atoms with E-state index in [9.17, 15) is 4.79 Å². The fourth-order valence-corrected chi connectivity index (χ4v) is 1.85. The van der Waals surface area contributed by atoms with E-state index in [0.717, 1.165) is 25.9 Å². The van der Waals surface area contributed by atoms with Gasteiger partial charge >= 0.3 is 0 Å². The number of carbonyl (C=O) groups excluding carboxylic acids is 1. The molecule has 1 heterocycles. The van der Waals surface area contributed by atoms with Gasteiger partial charge in [0.05, 0.1) is 0 Å². The lowest BCUT2D eigenvalue weighted by molar-refractivity contribution is -0.124. The molecule has 68 valence electrons. The van der Waals surface area contributed by atoms with E-state index in [1.54, 1.807) is 6.92 Å². The summed E-state index contributed by atoms with van der Waals surface area (Å²) in [5, 5.41) is 3.24. The molecule has 0 bridgehead atoms. The molecule has 0 radical (unpaired) electrons. The molecular formula is C10H17NO. The highest BCUT2D eigenvalue weighted by molar-refractivity contribution is 5.99. The topological polar surface area (TPSA) is 29.1 Å². The highest BCUT2D eigenvalue weighted by Gasteiger charge is 2.38. The lowest BCUT2D eigenvalue weighted by Gasteiger charge is -2.24. The standard InChI is InChI=1S/C10H17NO/c1-4-10(5-6-11-7-10)9(12)8(2)3/h11H,2,4-7H2,1,3H3. The Balaban J connectivity index is 2.79. The normalized spacial score (nSPS) is 28.8. The lowest BCUT2D eigenvalue weighted by Crippen LogP contribution is -2.33. The number of hydrogen-bond donors (Lipinski definition) is 1. The zero-order valence-corrected chi connectivity index (χ0v) is 7.94. The number of nitrogens with one attached hydrogen (secondary N) is 1. The van der Waals surface area contributed by atoms with Gasteiger partial charge in [0.25, 0.3) is 0 Å². The number of rotatable bonds is 3. The molecule has 1 aliphatic heterocycles. The van der Waals surface area contributed by atoms with E-state index in [1.165, 1.54) is 0 Å². The third kappa shape index (κ3) is 1.44. The Hall–Kier alpha value is -0.630. The summed E-state index contributed by atoms with van der Waals surface area (Å²) >= 11 is 0. The first-order chi connectivity index (χ1) is 5.62. The summed E-state index contributed by atoms with van der Waals surface area (Å²) in [6, 6.07) is 0. The van der Waals surface area contributed by atoms with Crippen molar-refractivity contribution in [3.8, 4) is 0 Å². The highest BCUT2D eigenvalue weighted by Crippen LogP contribution is 2.32. The summed E-state index contributed by atoms with van der Waals surface area (Å²) in [6.07, 6.45) is 1.89. The molecule has 0 aromatic rings. The Labute approximate surface area is 74.0 Å². The average molecular weight is 167 g/mol. The molecular weight excluding hydrogens is 150 g/mol. The van der Waals surface area contributed by atoms with Crippen LogP contribution in [-0.4, -0.2) is 18.9 Å². The van der Waals surface area contributed by atoms with Gasteiger partial charge in [0.1, 0.15) is 0 Å². The van der Waals surface area contributed by atoms with Crippen molar-refractivity contribution in [1.29, 1.82) is 0 Å². The highest BCUT2D eigenvalue weighted by atomic mass is 16.1. The molecule has 1 rings (SSSR count). The summed E-state index contributed by atoms with van der Waals surface area (Å²) in [5.74, 6) is 0.245. The maximum Gasteiger partial charge on any atom is 0.165 e. The molecule has 0 aromatic heterocycles. The van der Waals surface area contributed by atoms with Gasteiger partial charge in [-0.25, -0.2) is 0 Å². The van der Waals surface area contributed by atoms with Crippen LogP contribution in [0.15, 0.2) is 12.2 Å². The van der Waals surface area contributed by atoms with E-state index in [-0.39, 0.29) is 11.2 Å². The van der Waals surface area contributed by atoms with Gasteiger partial charge in [-0.05, 0) is 31.9 Å². The molecule has 1 N–H and O–H groups in total. The zero-order chi connectivity index (χ0) is 9.19. The van der Waals surface area contributed by atoms with Crippen molar-refractivity contribution in [3.05, 3.63) is 12.2 Å². The van der Waals surface area contributed by atoms with Crippen molar-refractivity contribution in [2.45, 2.75) is 26.7 Å². The Bertz CT molecular complexity index is 202. The van der Waals surface area contributed by atoms with E-state index in [2.05, 4.69) is 18.8 Å². The zero-order valence-electron chi connectivity index (χ0n) is 7.94. The van der Waals surface area contributed by atoms with Crippen LogP contribution >= 0.6 is 0 Å². The monoisotopic (exact) mass is 167 g/mol. The van der Waals surface area contributed by atoms with Crippen LogP contribution in [0.1, 0.15) is 26.7 Å². The summed E-state index contributed by atoms with van der Waals surface area (Å²) in [6.45, 7) is 9.39. The third-order valence-electron chi connectivity index (χ3n) is 2.79. The minimum absolute atomic E-state index is 0.133. The number of ketones is 1. The Morgan fingerprint density at radius 3 is 2.67 bits per heavy atom. The summed E-state index contributed by atoms with van der Waals surface area (Å²) in [5.41, 5.74) is 0.562. The van der Waals surface area contributed by atoms with Crippen molar-refractivity contribution < 1.29 is 4.79 Å². The molecule has 1 unspecified atom stereocenters. The van der Waals surface area contributed by atoms with E-state index >= 15 is 0 Å². The molecule has 0 aromatic carbocycles. The summed E-state index contributed by atoms with van der Waals surface area (Å²) < 4.78 is 0. The maximum absolute atomic E-state index is 11.8. The number of allylic oxidation sites excluding steroid dienone is 1. The van der Waals surface area contributed by atoms with Crippen LogP contribution in [0.5, 0.6) is 0 Å². The molecule has 0 aliphatic carbocycles. The van der Waals surface area contributed by atoms with Crippen LogP contribution in [0.4, 0.5) is 0 Å². The molecule has 2 nitrogen and oxygen atoms in total. The molecule has 1 atom stereocenters. The molecule has 1 saturated heterocycles. The van der Waals surface area contributed by atoms with Crippen LogP contribution in [0.3, 0.4) is 0 Å². The van der Waals surface area contributed by atoms with Crippen molar-refractivity contribution >= 4 is 5.78 Å². The van der Waals surface area contributed by atoms with Gasteiger partial charge in [-0.2, -0.15) is 0 Å². The second-order valence-corrected chi connectivity index (χ2v) is 3.67. The lowest BCUT2D eigenvalue weighted by atomic mass is 9.78. The Morgan fingerprint density at radius 1 is 1.67 bits per heavy atom.